The number of anilines is 1. The molecule has 22 heavy (non-hydrogen) atoms. The van der Waals surface area contributed by atoms with Gasteiger partial charge in [0.1, 0.15) is 6.04 Å². The highest BCUT2D eigenvalue weighted by atomic mass is 16.4. The van der Waals surface area contributed by atoms with Crippen LogP contribution < -0.4 is 10.9 Å². The Morgan fingerprint density at radius 2 is 2.09 bits per heavy atom. The molecule has 0 spiro atoms. The topological polar surface area (TPSA) is 84.2 Å². The van der Waals surface area contributed by atoms with Gasteiger partial charge in [-0.05, 0) is 12.0 Å². The second-order valence-corrected chi connectivity index (χ2v) is 5.05. The maximum absolute atomic E-state index is 12.1. The van der Waals surface area contributed by atoms with Crippen LogP contribution >= 0.6 is 0 Å². The summed E-state index contributed by atoms with van der Waals surface area (Å²) in [6.45, 7) is 2.30. The largest absolute Gasteiger partial charge is 0.480 e. The van der Waals surface area contributed by atoms with Crippen molar-refractivity contribution in [3.05, 3.63) is 58.5 Å². The number of carboxylic acid groups (broad SMARTS) is 1. The van der Waals surface area contributed by atoms with E-state index >= 15 is 0 Å². The zero-order valence-electron chi connectivity index (χ0n) is 12.4. The van der Waals surface area contributed by atoms with Crippen LogP contribution in [0.1, 0.15) is 25.3 Å². The fourth-order valence-electron chi connectivity index (χ4n) is 2.13. The van der Waals surface area contributed by atoms with Crippen molar-refractivity contribution in [2.45, 2.75) is 32.4 Å². The predicted molar refractivity (Wildman–Crippen MR) is 84.0 cm³/mol. The molecule has 6 nitrogen and oxygen atoms in total. The Labute approximate surface area is 128 Å². The van der Waals surface area contributed by atoms with E-state index in [1.165, 1.54) is 16.9 Å². The van der Waals surface area contributed by atoms with Gasteiger partial charge < -0.3 is 10.4 Å². The lowest BCUT2D eigenvalue weighted by Gasteiger charge is -2.14. The molecule has 0 saturated carbocycles. The summed E-state index contributed by atoms with van der Waals surface area (Å²) in [4.78, 5) is 23.2. The third kappa shape index (κ3) is 4.18. The van der Waals surface area contributed by atoms with E-state index in [1.807, 2.05) is 37.3 Å². The van der Waals surface area contributed by atoms with Crippen molar-refractivity contribution in [1.82, 2.24) is 9.78 Å². The lowest BCUT2D eigenvalue weighted by Crippen LogP contribution is -2.30. The summed E-state index contributed by atoms with van der Waals surface area (Å²) in [5.74, 6) is -0.935. The molecule has 0 aliphatic carbocycles. The lowest BCUT2D eigenvalue weighted by atomic mass is 10.1. The molecule has 0 saturated heterocycles. The summed E-state index contributed by atoms with van der Waals surface area (Å²) in [5.41, 5.74) is 1.14. The Morgan fingerprint density at radius 3 is 2.68 bits per heavy atom. The third-order valence-electron chi connectivity index (χ3n) is 3.26. The summed E-state index contributed by atoms with van der Waals surface area (Å²) >= 11 is 0. The van der Waals surface area contributed by atoms with Crippen LogP contribution in [0.15, 0.2) is 47.4 Å². The van der Waals surface area contributed by atoms with Gasteiger partial charge in [0.05, 0.1) is 18.4 Å². The summed E-state index contributed by atoms with van der Waals surface area (Å²) in [6, 6.07) is 10.2. The van der Waals surface area contributed by atoms with E-state index in [2.05, 4.69) is 10.4 Å². The fourth-order valence-corrected chi connectivity index (χ4v) is 2.13. The first kappa shape index (κ1) is 15.8. The Hall–Kier alpha value is -2.63. The molecule has 116 valence electrons. The van der Waals surface area contributed by atoms with Crippen molar-refractivity contribution in [1.29, 1.82) is 0 Å². The van der Waals surface area contributed by atoms with Crippen LogP contribution in [0.4, 0.5) is 5.69 Å². The number of hydrogen-bond donors (Lipinski definition) is 2. The van der Waals surface area contributed by atoms with Gasteiger partial charge in [-0.15, -0.1) is 0 Å². The molecule has 1 unspecified atom stereocenters. The minimum absolute atomic E-state index is 0.269. The fraction of sp³-hybridized carbons (Fsp3) is 0.312. The number of rotatable bonds is 7. The second kappa shape index (κ2) is 7.40. The molecule has 2 aromatic rings. The van der Waals surface area contributed by atoms with Crippen molar-refractivity contribution in [3.63, 3.8) is 0 Å². The zero-order chi connectivity index (χ0) is 15.9. The molecule has 2 rings (SSSR count). The van der Waals surface area contributed by atoms with Gasteiger partial charge in [-0.3, -0.25) is 4.79 Å². The van der Waals surface area contributed by atoms with Crippen molar-refractivity contribution < 1.29 is 9.90 Å². The van der Waals surface area contributed by atoms with Crippen LogP contribution in [0, 0.1) is 0 Å². The summed E-state index contributed by atoms with van der Waals surface area (Å²) < 4.78 is 1.34. The second-order valence-electron chi connectivity index (χ2n) is 5.05. The highest BCUT2D eigenvalue weighted by Gasteiger charge is 2.16. The number of nitrogens with one attached hydrogen (secondary N) is 1. The number of hydrogen-bond acceptors (Lipinski definition) is 4. The van der Waals surface area contributed by atoms with Gasteiger partial charge in [0.2, 0.25) is 0 Å². The van der Waals surface area contributed by atoms with E-state index < -0.39 is 12.0 Å². The molecular formula is C16H19N3O3. The molecule has 1 atom stereocenters. The molecular weight excluding hydrogens is 282 g/mol. The van der Waals surface area contributed by atoms with Gasteiger partial charge in [0.15, 0.2) is 0 Å². The Bertz CT molecular complexity index is 683. The number of benzene rings is 1. The van der Waals surface area contributed by atoms with Gasteiger partial charge in [-0.1, -0.05) is 43.7 Å². The summed E-state index contributed by atoms with van der Waals surface area (Å²) in [7, 11) is 0. The normalized spacial score (nSPS) is 11.9. The van der Waals surface area contributed by atoms with Crippen molar-refractivity contribution >= 4 is 11.7 Å². The molecule has 0 amide bonds. The first-order valence-electron chi connectivity index (χ1n) is 7.20. The van der Waals surface area contributed by atoms with E-state index in [0.717, 1.165) is 12.0 Å². The van der Waals surface area contributed by atoms with Gasteiger partial charge in [0, 0.05) is 6.07 Å². The molecule has 0 aliphatic rings. The lowest BCUT2D eigenvalue weighted by molar-refractivity contribution is -0.138. The summed E-state index contributed by atoms with van der Waals surface area (Å²) in [6.07, 6.45) is 2.71. The van der Waals surface area contributed by atoms with E-state index in [9.17, 15) is 9.59 Å². The average Bonchev–Trinajstić information content (AvgIpc) is 2.50. The van der Waals surface area contributed by atoms with Gasteiger partial charge in [-0.2, -0.15) is 5.10 Å². The minimum Gasteiger partial charge on any atom is -0.480 e. The molecule has 1 aromatic heterocycles. The third-order valence-corrected chi connectivity index (χ3v) is 3.26. The quantitative estimate of drug-likeness (QED) is 0.816. The van der Waals surface area contributed by atoms with Crippen LogP contribution in [0.5, 0.6) is 0 Å². The van der Waals surface area contributed by atoms with Crippen LogP contribution in [0.2, 0.25) is 0 Å². The van der Waals surface area contributed by atoms with E-state index in [-0.39, 0.29) is 5.56 Å². The van der Waals surface area contributed by atoms with Crippen LogP contribution in [0.25, 0.3) is 0 Å². The smallest absolute Gasteiger partial charge is 0.326 e. The van der Waals surface area contributed by atoms with Gasteiger partial charge >= 0.3 is 5.97 Å². The Morgan fingerprint density at radius 1 is 1.36 bits per heavy atom. The van der Waals surface area contributed by atoms with Gasteiger partial charge in [-0.25, -0.2) is 9.48 Å². The van der Waals surface area contributed by atoms with E-state index in [4.69, 9.17) is 5.11 Å². The van der Waals surface area contributed by atoms with Crippen molar-refractivity contribution in [2.24, 2.45) is 0 Å². The summed E-state index contributed by atoms with van der Waals surface area (Å²) in [5, 5.41) is 16.0. The first-order chi connectivity index (χ1) is 10.6. The molecule has 6 heteroatoms. The molecule has 1 heterocycles. The monoisotopic (exact) mass is 301 g/mol. The Balaban J connectivity index is 2.12. The number of aliphatic carboxylic acids is 1. The van der Waals surface area contributed by atoms with Crippen LogP contribution in [-0.2, 0) is 11.3 Å². The Kier molecular flexibility index (Phi) is 5.30. The average molecular weight is 301 g/mol. The van der Waals surface area contributed by atoms with Crippen LogP contribution in [-0.4, -0.2) is 26.9 Å². The standard InChI is InChI=1S/C16H19N3O3/c1-2-6-14(16(21)22)18-13-9-15(20)19(17-10-13)11-12-7-4-3-5-8-12/h3-5,7-10,14,18H,2,6,11H2,1H3,(H,21,22). The predicted octanol–water partition coefficient (Wildman–Crippen LogP) is 1.96. The van der Waals surface area contributed by atoms with E-state index in [1.54, 1.807) is 0 Å². The molecule has 1 aromatic carbocycles. The number of aromatic nitrogens is 2. The number of nitrogens with zero attached hydrogens (tertiary/aromatic N) is 2. The SMILES string of the molecule is CCCC(Nc1cnn(Cc2ccccc2)c(=O)c1)C(=O)O. The van der Waals surface area contributed by atoms with Crippen LogP contribution in [0.3, 0.4) is 0 Å². The number of carboxylic acids is 1. The molecule has 0 fully saturated rings. The molecule has 0 aliphatic heterocycles. The van der Waals surface area contributed by atoms with E-state index in [0.29, 0.717) is 18.7 Å². The molecule has 0 bridgehead atoms. The highest BCUT2D eigenvalue weighted by Crippen LogP contribution is 2.08. The number of carbonyl (C=O) groups is 1. The first-order valence-corrected chi connectivity index (χ1v) is 7.20. The van der Waals surface area contributed by atoms with Crippen molar-refractivity contribution in [3.8, 4) is 0 Å². The minimum atomic E-state index is -0.935. The maximum atomic E-state index is 12.1. The molecule has 2 N–H and O–H groups in total. The van der Waals surface area contributed by atoms with Crippen molar-refractivity contribution in [2.75, 3.05) is 5.32 Å². The molecule has 0 radical (unpaired) electrons. The van der Waals surface area contributed by atoms with Gasteiger partial charge in [0.25, 0.3) is 5.56 Å². The zero-order valence-corrected chi connectivity index (χ0v) is 12.4. The maximum Gasteiger partial charge on any atom is 0.326 e. The highest BCUT2D eigenvalue weighted by molar-refractivity contribution is 5.77.